The van der Waals surface area contributed by atoms with Gasteiger partial charge < -0.3 is 21.7 Å². The molecular weight excluding hydrogens is 510 g/mol. The predicted molar refractivity (Wildman–Crippen MR) is 149 cm³/mol. The predicted octanol–water partition coefficient (Wildman–Crippen LogP) is -1.70. The average molecular weight is 552 g/mol. The quantitative estimate of drug-likeness (QED) is 0.104. The van der Waals surface area contributed by atoms with Gasteiger partial charge in [0.15, 0.2) is 12.4 Å². The number of benzene rings is 1. The van der Waals surface area contributed by atoms with Gasteiger partial charge in [0.05, 0.1) is 5.56 Å². The van der Waals surface area contributed by atoms with E-state index in [1.54, 1.807) is 24.3 Å². The van der Waals surface area contributed by atoms with E-state index in [2.05, 4.69) is 16.0 Å². The number of aryl methyl sites for hydroxylation is 1. The topological polar surface area (TPSA) is 186 Å². The van der Waals surface area contributed by atoms with Gasteiger partial charge in [0.1, 0.15) is 25.2 Å². The summed E-state index contributed by atoms with van der Waals surface area (Å²) in [5.74, 6) is -1.92. The largest absolute Gasteiger partial charge is 0.368 e. The molecule has 1 fully saturated rings. The molecule has 40 heavy (non-hydrogen) atoms. The van der Waals surface area contributed by atoms with Gasteiger partial charge in [-0.25, -0.2) is 4.57 Å². The lowest BCUT2D eigenvalue weighted by Gasteiger charge is -2.32. The van der Waals surface area contributed by atoms with Gasteiger partial charge in [-0.2, -0.15) is 0 Å². The minimum absolute atomic E-state index is 0.110. The number of amides is 4. The Balaban J connectivity index is 1.79. The third-order valence-corrected chi connectivity index (χ3v) is 7.22. The fourth-order valence-electron chi connectivity index (χ4n) is 5.13. The normalized spacial score (nSPS) is 15.8. The summed E-state index contributed by atoms with van der Waals surface area (Å²) in [5, 5.41) is 14.0. The first-order valence-electron chi connectivity index (χ1n) is 13.6. The highest BCUT2D eigenvalue weighted by molar-refractivity contribution is 5.94. The Hall–Kier alpha value is -4.28. The molecule has 1 aliphatic carbocycles. The lowest BCUT2D eigenvalue weighted by atomic mass is 9.83. The van der Waals surface area contributed by atoms with Gasteiger partial charge in [-0.1, -0.05) is 31.4 Å². The molecule has 1 aromatic heterocycles. The Morgan fingerprint density at radius 2 is 1.55 bits per heavy atom. The first-order chi connectivity index (χ1) is 19.0. The number of nitrogens with one attached hydrogen (secondary N) is 3. The molecule has 0 saturated heterocycles. The molecule has 0 radical (unpaired) electrons. The summed E-state index contributed by atoms with van der Waals surface area (Å²) in [6.07, 6.45) is 8.59. The van der Waals surface area contributed by atoms with Gasteiger partial charge >= 0.3 is 0 Å². The van der Waals surface area contributed by atoms with Gasteiger partial charge in [0, 0.05) is 31.4 Å². The molecule has 1 aromatic carbocycles. The van der Waals surface area contributed by atoms with E-state index >= 15 is 0 Å². The van der Waals surface area contributed by atoms with E-state index in [1.165, 1.54) is 6.92 Å². The molecule has 214 valence electrons. The van der Waals surface area contributed by atoms with E-state index in [0.29, 0.717) is 5.56 Å². The van der Waals surface area contributed by atoms with E-state index in [0.717, 1.165) is 43.2 Å². The average Bonchev–Trinajstić information content (AvgIpc) is 2.91. The number of nitrogens with zero attached hydrogens (tertiary/aromatic N) is 1. The van der Waals surface area contributed by atoms with Gasteiger partial charge in [0.25, 0.3) is 5.84 Å². The Morgan fingerprint density at radius 3 is 2.12 bits per heavy atom. The molecule has 0 bridgehead atoms. The molecule has 9 N–H and O–H groups in total. The fourth-order valence-corrected chi connectivity index (χ4v) is 5.13. The maximum absolute atomic E-state index is 13.6. The minimum Gasteiger partial charge on any atom is -0.368 e. The monoisotopic (exact) mass is 551 g/mol. The van der Waals surface area contributed by atoms with Crippen molar-refractivity contribution >= 4 is 29.5 Å². The molecule has 3 atom stereocenters. The molecular formula is C29H41N7O4+2. The summed E-state index contributed by atoms with van der Waals surface area (Å²) < 4.78 is 1.85. The van der Waals surface area contributed by atoms with Crippen molar-refractivity contribution in [2.45, 2.75) is 70.0 Å². The number of pyridine rings is 1. The van der Waals surface area contributed by atoms with Crippen LogP contribution in [-0.4, -0.2) is 47.6 Å². The summed E-state index contributed by atoms with van der Waals surface area (Å²) in [6, 6.07) is 7.99. The van der Waals surface area contributed by atoms with Crippen molar-refractivity contribution in [1.29, 1.82) is 0 Å². The second kappa shape index (κ2) is 14.2. The van der Waals surface area contributed by atoms with Crippen LogP contribution in [0.1, 0.15) is 55.7 Å². The van der Waals surface area contributed by atoms with Gasteiger partial charge in [0.2, 0.25) is 23.6 Å². The molecule has 1 saturated carbocycles. The summed E-state index contributed by atoms with van der Waals surface area (Å²) in [5.41, 5.74) is 13.6. The number of hydrogen-bond acceptors (Lipinski definition) is 4. The van der Waals surface area contributed by atoms with Crippen LogP contribution >= 0.6 is 0 Å². The molecule has 2 aromatic rings. The Bertz CT molecular complexity index is 1230. The van der Waals surface area contributed by atoms with E-state index in [-0.39, 0.29) is 30.5 Å². The van der Waals surface area contributed by atoms with E-state index < -0.39 is 35.8 Å². The number of rotatable bonds is 12. The second-order valence-corrected chi connectivity index (χ2v) is 10.5. The van der Waals surface area contributed by atoms with Gasteiger partial charge in [-0.05, 0) is 42.5 Å². The van der Waals surface area contributed by atoms with Crippen molar-refractivity contribution in [3.05, 3.63) is 65.5 Å². The molecule has 0 aliphatic heterocycles. The van der Waals surface area contributed by atoms with Crippen molar-refractivity contribution in [2.24, 2.45) is 24.4 Å². The highest BCUT2D eigenvalue weighted by Gasteiger charge is 2.35. The Kier molecular flexibility index (Phi) is 10.7. The number of carbonyl (C=O) groups excluding carboxylic acids is 4. The van der Waals surface area contributed by atoms with Crippen LogP contribution in [-0.2, 0) is 39.1 Å². The molecule has 0 spiro atoms. The highest BCUT2D eigenvalue weighted by atomic mass is 16.2. The number of aromatic nitrogens is 1. The number of primary amides is 1. The first-order valence-corrected chi connectivity index (χ1v) is 13.6. The smallest absolute Gasteiger partial charge is 0.270 e. The van der Waals surface area contributed by atoms with E-state index in [4.69, 9.17) is 16.9 Å². The molecule has 3 rings (SSSR count). The van der Waals surface area contributed by atoms with Gasteiger partial charge in [-0.3, -0.25) is 30.3 Å². The van der Waals surface area contributed by atoms with Crippen LogP contribution < -0.4 is 37.4 Å². The number of amidine groups is 1. The molecule has 4 amide bonds. The fraction of sp³-hybridized carbons (Fsp3) is 0.448. The van der Waals surface area contributed by atoms with Crippen molar-refractivity contribution in [2.75, 3.05) is 0 Å². The SMILES string of the molecule is CC(=O)N[C@@H](Cc1ccc(C(N)=[NH2+])cc1)C(=O)NC(C(=O)NC(Cc1ccc[n+](C)c1)C(N)=O)C1CCCCC1. The summed E-state index contributed by atoms with van der Waals surface area (Å²) in [4.78, 5) is 51.4. The third-order valence-electron chi connectivity index (χ3n) is 7.22. The summed E-state index contributed by atoms with van der Waals surface area (Å²) in [7, 11) is 1.86. The Morgan fingerprint density at radius 1 is 0.900 bits per heavy atom. The molecule has 1 aliphatic rings. The van der Waals surface area contributed by atoms with E-state index in [9.17, 15) is 19.2 Å². The summed E-state index contributed by atoms with van der Waals surface area (Å²) >= 11 is 0. The van der Waals surface area contributed by atoms with Gasteiger partial charge in [-0.15, -0.1) is 0 Å². The van der Waals surface area contributed by atoms with Crippen molar-refractivity contribution in [3.8, 4) is 0 Å². The lowest BCUT2D eigenvalue weighted by Crippen LogP contribution is -2.59. The number of hydrogen-bond donors (Lipinski definition) is 6. The highest BCUT2D eigenvalue weighted by Crippen LogP contribution is 2.27. The van der Waals surface area contributed by atoms with Crippen LogP contribution in [0.2, 0.25) is 0 Å². The first kappa shape index (κ1) is 30.3. The van der Waals surface area contributed by atoms with Crippen LogP contribution in [0.25, 0.3) is 0 Å². The van der Waals surface area contributed by atoms with Crippen LogP contribution in [0.4, 0.5) is 0 Å². The maximum Gasteiger partial charge on any atom is 0.270 e. The van der Waals surface area contributed by atoms with E-state index in [1.807, 2.05) is 36.1 Å². The van der Waals surface area contributed by atoms with Crippen LogP contribution in [0.3, 0.4) is 0 Å². The molecule has 2 unspecified atom stereocenters. The van der Waals surface area contributed by atoms with Crippen LogP contribution in [0.5, 0.6) is 0 Å². The lowest BCUT2D eigenvalue weighted by molar-refractivity contribution is -0.671. The number of nitrogens with two attached hydrogens (primary N) is 3. The third kappa shape index (κ3) is 8.89. The van der Waals surface area contributed by atoms with Crippen molar-refractivity contribution < 1.29 is 29.2 Å². The Labute approximate surface area is 234 Å². The van der Waals surface area contributed by atoms with Crippen LogP contribution in [0.15, 0.2) is 48.8 Å². The molecule has 11 heteroatoms. The number of carbonyl (C=O) groups is 4. The van der Waals surface area contributed by atoms with Crippen molar-refractivity contribution in [3.63, 3.8) is 0 Å². The molecule has 1 heterocycles. The van der Waals surface area contributed by atoms with Crippen molar-refractivity contribution in [1.82, 2.24) is 16.0 Å². The molecule has 11 nitrogen and oxygen atoms in total. The van der Waals surface area contributed by atoms with Crippen LogP contribution in [0, 0.1) is 5.92 Å². The second-order valence-electron chi connectivity index (χ2n) is 10.5. The zero-order chi connectivity index (χ0) is 29.2. The minimum atomic E-state index is -0.950. The maximum atomic E-state index is 13.6. The standard InChI is InChI=1S/C29H39N7O4/c1-18(37)33-24(15-19-10-12-22(13-11-19)26(30)31)28(39)35-25(21-8-4-3-5-9-21)29(40)34-23(27(32)38)16-20-7-6-14-36(2)17-20/h6-7,10-14,17,21,23-25H,3-5,8-9,15-16H2,1-2H3,(H7-,30,31,32,33,34,35,37,38,39,40)/p+2/t23?,24-,25?/m0/s1. The zero-order valence-corrected chi connectivity index (χ0v) is 23.2. The zero-order valence-electron chi connectivity index (χ0n) is 23.2. The summed E-state index contributed by atoms with van der Waals surface area (Å²) in [6.45, 7) is 1.33.